The van der Waals surface area contributed by atoms with E-state index in [1.54, 1.807) is 12.1 Å². The fourth-order valence-electron chi connectivity index (χ4n) is 3.12. The van der Waals surface area contributed by atoms with Crippen LogP contribution in [0.25, 0.3) is 0 Å². The summed E-state index contributed by atoms with van der Waals surface area (Å²) in [5, 5.41) is 9.18. The zero-order chi connectivity index (χ0) is 19.9. The van der Waals surface area contributed by atoms with E-state index in [9.17, 15) is 9.90 Å². The number of carbonyl (C=O) groups is 1. The highest BCUT2D eigenvalue weighted by Crippen LogP contribution is 2.34. The van der Waals surface area contributed by atoms with Crippen molar-refractivity contribution >= 4 is 5.97 Å². The Bertz CT molecular complexity index is 608. The maximum atomic E-state index is 12.6. The Morgan fingerprint density at radius 3 is 2.59 bits per heavy atom. The normalized spacial score (nSPS) is 23.0. The van der Waals surface area contributed by atoms with Crippen molar-refractivity contribution < 1.29 is 24.1 Å². The number of aliphatic hydroxyl groups excluding tert-OH is 1. The molecule has 0 saturated carbocycles. The molecule has 2 rings (SSSR count). The summed E-state index contributed by atoms with van der Waals surface area (Å²) in [5.74, 6) is -0.633. The van der Waals surface area contributed by atoms with E-state index in [1.165, 1.54) is 0 Å². The first kappa shape index (κ1) is 21.6. The number of rotatable bonds is 9. The van der Waals surface area contributed by atoms with Crippen molar-refractivity contribution in [2.75, 3.05) is 6.61 Å². The maximum Gasteiger partial charge on any atom is 0.338 e. The molecular weight excluding hydrogens is 344 g/mol. The lowest BCUT2D eigenvalue weighted by atomic mass is 10.0. The van der Waals surface area contributed by atoms with Crippen molar-refractivity contribution in [1.29, 1.82) is 0 Å². The zero-order valence-corrected chi connectivity index (χ0v) is 16.8. The van der Waals surface area contributed by atoms with Crippen LogP contribution in [0.5, 0.6) is 0 Å². The number of hydrogen-bond acceptors (Lipinski definition) is 5. The Kier molecular flexibility index (Phi) is 8.02. The Morgan fingerprint density at radius 2 is 1.96 bits per heavy atom. The van der Waals surface area contributed by atoms with Gasteiger partial charge in [0.2, 0.25) is 0 Å². The first-order chi connectivity index (χ1) is 12.8. The molecule has 1 aliphatic rings. The van der Waals surface area contributed by atoms with E-state index < -0.39 is 18.0 Å². The smallest absolute Gasteiger partial charge is 0.338 e. The van der Waals surface area contributed by atoms with Gasteiger partial charge in [-0.15, -0.1) is 0 Å². The third kappa shape index (κ3) is 6.76. The molecule has 1 aromatic rings. The molecule has 0 spiro atoms. The zero-order valence-electron chi connectivity index (χ0n) is 16.8. The molecular formula is C22H32O5. The van der Waals surface area contributed by atoms with Gasteiger partial charge >= 0.3 is 5.97 Å². The molecule has 0 bridgehead atoms. The fourth-order valence-corrected chi connectivity index (χ4v) is 3.12. The van der Waals surface area contributed by atoms with Gasteiger partial charge in [-0.1, -0.05) is 38.1 Å². The van der Waals surface area contributed by atoms with Gasteiger partial charge in [-0.3, -0.25) is 0 Å². The van der Waals surface area contributed by atoms with Crippen LogP contribution in [-0.2, 0) is 14.2 Å². The predicted molar refractivity (Wildman–Crippen MR) is 104 cm³/mol. The van der Waals surface area contributed by atoms with Crippen LogP contribution in [0.4, 0.5) is 0 Å². The van der Waals surface area contributed by atoms with Gasteiger partial charge in [0.1, 0.15) is 12.2 Å². The number of allylic oxidation sites excluding steroid dienone is 1. The minimum atomic E-state index is -0.756. The maximum absolute atomic E-state index is 12.6. The minimum absolute atomic E-state index is 0.0880. The minimum Gasteiger partial charge on any atom is -0.452 e. The van der Waals surface area contributed by atoms with Gasteiger partial charge in [-0.2, -0.15) is 0 Å². The topological polar surface area (TPSA) is 65.0 Å². The van der Waals surface area contributed by atoms with E-state index in [2.05, 4.69) is 13.8 Å². The van der Waals surface area contributed by atoms with E-state index in [4.69, 9.17) is 14.2 Å². The molecule has 27 heavy (non-hydrogen) atoms. The summed E-state index contributed by atoms with van der Waals surface area (Å²) in [5.41, 5.74) is 0.504. The standard InChI is InChI=1S/C22H32O5/c1-16(2)10-8-13-18(25-21(24)17-11-6-5-7-12-17)20-19(14-9-15-23)26-22(3,4)27-20/h5-8,11-13,16,18-20,23H,9-10,14-15H2,1-4H3/b13-8-/t18?,19-,20+/m0/s1. The van der Waals surface area contributed by atoms with Crippen molar-refractivity contribution in [3.63, 3.8) is 0 Å². The molecule has 0 aromatic heterocycles. The molecule has 1 aliphatic heterocycles. The van der Waals surface area contributed by atoms with Crippen LogP contribution < -0.4 is 0 Å². The van der Waals surface area contributed by atoms with Crippen LogP contribution in [0.3, 0.4) is 0 Å². The highest BCUT2D eigenvalue weighted by molar-refractivity contribution is 5.89. The van der Waals surface area contributed by atoms with Gasteiger partial charge < -0.3 is 19.3 Å². The molecule has 1 saturated heterocycles. The lowest BCUT2D eigenvalue weighted by Gasteiger charge is -2.24. The number of hydrogen-bond donors (Lipinski definition) is 1. The van der Waals surface area contributed by atoms with Gasteiger partial charge in [-0.25, -0.2) is 4.79 Å². The molecule has 5 nitrogen and oxygen atoms in total. The molecule has 1 aromatic carbocycles. The highest BCUT2D eigenvalue weighted by Gasteiger charge is 2.45. The molecule has 0 radical (unpaired) electrons. The first-order valence-electron chi connectivity index (χ1n) is 9.71. The second kappa shape index (κ2) is 10.0. The average molecular weight is 376 g/mol. The second-order valence-electron chi connectivity index (χ2n) is 7.80. The SMILES string of the molecule is CC(C)C/C=C\C(OC(=O)c1ccccc1)[C@H]1OC(C)(C)O[C@H]1CCCO. The Hall–Kier alpha value is -1.69. The van der Waals surface area contributed by atoms with E-state index >= 15 is 0 Å². The highest BCUT2D eigenvalue weighted by atomic mass is 16.8. The van der Waals surface area contributed by atoms with Crippen LogP contribution in [0.1, 0.15) is 57.3 Å². The number of aliphatic hydroxyl groups is 1. The summed E-state index contributed by atoms with van der Waals surface area (Å²) in [4.78, 5) is 12.6. The van der Waals surface area contributed by atoms with Gasteiger partial charge in [0.15, 0.2) is 5.79 Å². The van der Waals surface area contributed by atoms with E-state index in [0.29, 0.717) is 24.3 Å². The lowest BCUT2D eigenvalue weighted by molar-refractivity contribution is -0.153. The Labute approximate surface area is 162 Å². The average Bonchev–Trinajstić information content (AvgIpc) is 2.94. The van der Waals surface area contributed by atoms with Crippen LogP contribution in [0.15, 0.2) is 42.5 Å². The van der Waals surface area contributed by atoms with Crippen molar-refractivity contribution in [1.82, 2.24) is 0 Å². The fraction of sp³-hybridized carbons (Fsp3) is 0.591. The molecule has 3 atom stereocenters. The summed E-state index contributed by atoms with van der Waals surface area (Å²) in [6.07, 6.45) is 4.86. The van der Waals surface area contributed by atoms with E-state index in [-0.39, 0.29) is 18.7 Å². The van der Waals surface area contributed by atoms with Crippen LogP contribution in [-0.4, -0.2) is 41.8 Å². The Balaban J connectivity index is 2.19. The number of benzene rings is 1. The lowest BCUT2D eigenvalue weighted by Crippen LogP contribution is -2.37. The molecule has 0 aliphatic carbocycles. The molecule has 1 fully saturated rings. The Morgan fingerprint density at radius 1 is 1.26 bits per heavy atom. The molecule has 1 N–H and O–H groups in total. The number of carbonyl (C=O) groups excluding carboxylic acids is 1. The predicted octanol–water partition coefficient (Wildman–Crippen LogP) is 4.11. The number of ether oxygens (including phenoxy) is 3. The van der Waals surface area contributed by atoms with Crippen molar-refractivity contribution in [2.45, 2.75) is 71.1 Å². The second-order valence-corrected chi connectivity index (χ2v) is 7.80. The molecule has 1 heterocycles. The summed E-state index contributed by atoms with van der Waals surface area (Å²) < 4.78 is 17.9. The monoisotopic (exact) mass is 376 g/mol. The van der Waals surface area contributed by atoms with Crippen molar-refractivity contribution in [3.8, 4) is 0 Å². The molecule has 5 heteroatoms. The van der Waals surface area contributed by atoms with Crippen LogP contribution in [0.2, 0.25) is 0 Å². The summed E-state index contributed by atoms with van der Waals surface area (Å²) in [6.45, 7) is 8.07. The summed E-state index contributed by atoms with van der Waals surface area (Å²) in [6, 6.07) is 8.94. The van der Waals surface area contributed by atoms with Crippen LogP contribution >= 0.6 is 0 Å². The van der Waals surface area contributed by atoms with E-state index in [0.717, 1.165) is 6.42 Å². The summed E-state index contributed by atoms with van der Waals surface area (Å²) in [7, 11) is 0. The van der Waals surface area contributed by atoms with Gasteiger partial charge in [0, 0.05) is 6.61 Å². The first-order valence-corrected chi connectivity index (χ1v) is 9.71. The number of esters is 1. The molecule has 0 amide bonds. The third-order valence-electron chi connectivity index (χ3n) is 4.38. The van der Waals surface area contributed by atoms with Crippen LogP contribution in [0, 0.1) is 5.92 Å². The van der Waals surface area contributed by atoms with Gasteiger partial charge in [-0.05, 0) is 57.2 Å². The largest absolute Gasteiger partial charge is 0.452 e. The molecule has 150 valence electrons. The van der Waals surface area contributed by atoms with Gasteiger partial charge in [0.05, 0.1) is 11.7 Å². The van der Waals surface area contributed by atoms with Gasteiger partial charge in [0.25, 0.3) is 0 Å². The van der Waals surface area contributed by atoms with Crippen molar-refractivity contribution in [2.24, 2.45) is 5.92 Å². The quantitative estimate of drug-likeness (QED) is 0.519. The molecule has 1 unspecified atom stereocenters. The third-order valence-corrected chi connectivity index (χ3v) is 4.38. The summed E-state index contributed by atoms with van der Waals surface area (Å²) >= 11 is 0. The van der Waals surface area contributed by atoms with E-state index in [1.807, 2.05) is 44.2 Å². The van der Waals surface area contributed by atoms with Crippen molar-refractivity contribution in [3.05, 3.63) is 48.0 Å².